The van der Waals surface area contributed by atoms with Gasteiger partial charge in [0.15, 0.2) is 5.60 Å². The molecule has 2 fully saturated rings. The van der Waals surface area contributed by atoms with E-state index in [9.17, 15) is 28.8 Å². The van der Waals surface area contributed by atoms with Gasteiger partial charge in [0.1, 0.15) is 12.2 Å². The summed E-state index contributed by atoms with van der Waals surface area (Å²) in [5.41, 5.74) is -2.08. The van der Waals surface area contributed by atoms with Crippen molar-refractivity contribution in [3.8, 4) is 0 Å². The van der Waals surface area contributed by atoms with Gasteiger partial charge in [-0.05, 0) is 25.5 Å². The molecule has 1 aromatic carbocycles. The Labute approximate surface area is 248 Å². The molecule has 5 atom stereocenters. The van der Waals surface area contributed by atoms with Crippen molar-refractivity contribution in [2.24, 2.45) is 5.41 Å². The monoisotopic (exact) mass is 597 g/mol. The van der Waals surface area contributed by atoms with Gasteiger partial charge in [-0.3, -0.25) is 0 Å². The molecule has 1 aliphatic heterocycles. The fraction of sp³-hybridized carbons (Fsp3) is 0.812. The first-order chi connectivity index (χ1) is 19.3. The lowest BCUT2D eigenvalue weighted by atomic mass is 9.95. The minimum Gasteiger partial charge on any atom is -0.389 e. The molecule has 2 aliphatic rings. The van der Waals surface area contributed by atoms with Crippen LogP contribution in [0, 0.1) is 12.3 Å². The number of hydrogen-bond donors (Lipinski definition) is 4. The maximum atomic E-state index is 13.6. The van der Waals surface area contributed by atoms with Crippen molar-refractivity contribution in [3.63, 3.8) is 0 Å². The lowest BCUT2D eigenvalue weighted by Crippen LogP contribution is -2.50. The van der Waals surface area contributed by atoms with Crippen LogP contribution >= 0.6 is 0 Å². The summed E-state index contributed by atoms with van der Waals surface area (Å²) >= 11 is 0. The van der Waals surface area contributed by atoms with E-state index in [0.717, 1.165) is 24.8 Å². The second-order valence-electron chi connectivity index (χ2n) is 12.9. The van der Waals surface area contributed by atoms with E-state index in [1.54, 1.807) is 38.1 Å². The molecule has 0 radical (unpaired) electrons. The summed E-state index contributed by atoms with van der Waals surface area (Å²) < 4.78 is 33.9. The van der Waals surface area contributed by atoms with Crippen LogP contribution in [-0.4, -0.2) is 75.9 Å². The van der Waals surface area contributed by atoms with Crippen molar-refractivity contribution in [1.82, 2.24) is 4.31 Å². The number of fused-ring (bicyclic) bond motifs is 1. The zero-order chi connectivity index (χ0) is 30.3. The number of hydrogen-bond acceptors (Lipinski definition) is 7. The minimum atomic E-state index is -3.92. The number of aryl methyl sites for hydroxylation is 1. The van der Waals surface area contributed by atoms with Gasteiger partial charge in [-0.2, -0.15) is 4.31 Å². The molecule has 0 spiro atoms. The van der Waals surface area contributed by atoms with Crippen LogP contribution < -0.4 is 0 Å². The molecule has 3 rings (SSSR count). The third-order valence-corrected chi connectivity index (χ3v) is 11.4. The zero-order valence-electron chi connectivity index (χ0n) is 25.7. The Balaban J connectivity index is 1.47. The average molecular weight is 598 g/mol. The third-order valence-electron chi connectivity index (χ3n) is 9.49. The van der Waals surface area contributed by atoms with Crippen molar-refractivity contribution in [2.75, 3.05) is 13.1 Å². The summed E-state index contributed by atoms with van der Waals surface area (Å²) in [6, 6.07) is 6.58. The summed E-state index contributed by atoms with van der Waals surface area (Å²) in [6.45, 7) is 7.17. The molecule has 1 aliphatic carbocycles. The van der Waals surface area contributed by atoms with Crippen LogP contribution in [0.4, 0.5) is 0 Å². The smallest absolute Gasteiger partial charge is 0.243 e. The molecular weight excluding hydrogens is 542 g/mol. The molecular formula is C32H55NO7S. The lowest BCUT2D eigenvalue weighted by molar-refractivity contribution is -0.195. The maximum absolute atomic E-state index is 13.6. The molecule has 0 amide bonds. The van der Waals surface area contributed by atoms with Gasteiger partial charge < -0.3 is 25.2 Å². The topological polar surface area (TPSA) is 128 Å². The van der Waals surface area contributed by atoms with E-state index in [1.807, 2.05) is 6.92 Å². The van der Waals surface area contributed by atoms with E-state index in [4.69, 9.17) is 4.74 Å². The van der Waals surface area contributed by atoms with Crippen LogP contribution in [0.5, 0.6) is 0 Å². The molecule has 9 heteroatoms. The third kappa shape index (κ3) is 7.36. The number of benzene rings is 1. The summed E-state index contributed by atoms with van der Waals surface area (Å²) in [5, 5.41) is 43.3. The predicted octanol–water partition coefficient (Wildman–Crippen LogP) is 5.05. The molecule has 1 saturated carbocycles. The molecule has 1 aromatic rings. The Morgan fingerprint density at radius 2 is 1.32 bits per heavy atom. The van der Waals surface area contributed by atoms with E-state index >= 15 is 0 Å². The summed E-state index contributed by atoms with van der Waals surface area (Å²) in [7, 11) is -3.92. The van der Waals surface area contributed by atoms with Crippen LogP contribution in [0.3, 0.4) is 0 Å². The summed E-state index contributed by atoms with van der Waals surface area (Å²) in [5.74, 6) is -1.99. The fourth-order valence-electron chi connectivity index (χ4n) is 6.38. The number of aliphatic hydroxyl groups excluding tert-OH is 2. The van der Waals surface area contributed by atoms with Crippen LogP contribution in [0.25, 0.3) is 0 Å². The largest absolute Gasteiger partial charge is 0.389 e. The van der Waals surface area contributed by atoms with E-state index in [0.29, 0.717) is 6.42 Å². The summed E-state index contributed by atoms with van der Waals surface area (Å²) in [6.07, 6.45) is 12.4. The first-order valence-corrected chi connectivity index (χ1v) is 17.3. The number of rotatable bonds is 20. The molecule has 0 bridgehead atoms. The highest BCUT2D eigenvalue weighted by atomic mass is 32.2. The minimum absolute atomic E-state index is 0.134. The maximum Gasteiger partial charge on any atom is 0.243 e. The predicted molar refractivity (Wildman–Crippen MR) is 161 cm³/mol. The van der Waals surface area contributed by atoms with Gasteiger partial charge in [-0.15, -0.1) is 0 Å². The summed E-state index contributed by atoms with van der Waals surface area (Å²) in [4.78, 5) is 0.134. The van der Waals surface area contributed by atoms with Gasteiger partial charge in [-0.1, -0.05) is 122 Å². The second kappa shape index (κ2) is 14.6. The Kier molecular flexibility index (Phi) is 12.3. The number of unbranched alkanes of at least 4 members (excludes halogenated alkanes) is 13. The SMILES string of the molecule is CCCCCCCCCCCCCCCCN(C[C@@H](O)[C@H]1O[C@@]2(O)C(C)(C)[C@@]2(O)[C@H]1O)S(=O)(=O)c1ccc(C)cc1. The highest BCUT2D eigenvalue weighted by molar-refractivity contribution is 7.89. The molecule has 1 heterocycles. The van der Waals surface area contributed by atoms with E-state index in [1.165, 1.54) is 68.5 Å². The van der Waals surface area contributed by atoms with E-state index in [-0.39, 0.29) is 18.0 Å². The van der Waals surface area contributed by atoms with E-state index < -0.39 is 45.1 Å². The molecule has 8 nitrogen and oxygen atoms in total. The fourth-order valence-corrected chi connectivity index (χ4v) is 7.88. The van der Waals surface area contributed by atoms with Crippen LogP contribution in [0.15, 0.2) is 29.2 Å². The Morgan fingerprint density at radius 1 is 0.854 bits per heavy atom. The van der Waals surface area contributed by atoms with Crippen LogP contribution in [0.2, 0.25) is 0 Å². The normalized spacial score (nSPS) is 27.7. The van der Waals surface area contributed by atoms with Gasteiger partial charge in [0.2, 0.25) is 15.8 Å². The van der Waals surface area contributed by atoms with Gasteiger partial charge in [0.05, 0.1) is 16.4 Å². The lowest BCUT2D eigenvalue weighted by Gasteiger charge is -2.31. The first kappa shape index (κ1) is 34.4. The molecule has 41 heavy (non-hydrogen) atoms. The van der Waals surface area contributed by atoms with Gasteiger partial charge in [0, 0.05) is 13.1 Å². The molecule has 1 saturated heterocycles. The second-order valence-corrected chi connectivity index (χ2v) is 14.8. The van der Waals surface area contributed by atoms with Crippen molar-refractivity contribution in [3.05, 3.63) is 29.8 Å². The van der Waals surface area contributed by atoms with Crippen molar-refractivity contribution in [2.45, 2.75) is 152 Å². The molecule has 4 N–H and O–H groups in total. The number of aliphatic hydroxyl groups is 4. The number of ether oxygens (including phenoxy) is 1. The standard InChI is InChI=1S/C32H55NO7S/c1-5-6-7-8-9-10-11-12-13-14-15-16-17-18-23-33(41(38,39)26-21-19-25(2)20-22-26)24-27(34)28-29(35)31(36)30(3,4)32(31,37)40-28/h19-22,27-29,34-37H,5-18,23-24H2,1-4H3/t27-,28-,29+,31+,32+/m1/s1. The molecule has 0 aromatic heterocycles. The van der Waals surface area contributed by atoms with Crippen LogP contribution in [-0.2, 0) is 14.8 Å². The van der Waals surface area contributed by atoms with Gasteiger partial charge >= 0.3 is 0 Å². The number of sulfonamides is 1. The Morgan fingerprint density at radius 3 is 1.76 bits per heavy atom. The molecule has 0 unspecified atom stereocenters. The van der Waals surface area contributed by atoms with Gasteiger partial charge in [-0.25, -0.2) is 8.42 Å². The highest BCUT2D eigenvalue weighted by Crippen LogP contribution is 2.71. The average Bonchev–Trinajstić information content (AvgIpc) is 3.13. The van der Waals surface area contributed by atoms with Crippen molar-refractivity contribution < 1.29 is 33.6 Å². The Hall–Kier alpha value is -1.07. The quantitative estimate of drug-likeness (QED) is 0.155. The Bertz CT molecular complexity index is 1050. The first-order valence-electron chi connectivity index (χ1n) is 15.9. The van der Waals surface area contributed by atoms with E-state index in [2.05, 4.69) is 6.92 Å². The van der Waals surface area contributed by atoms with Crippen molar-refractivity contribution >= 4 is 10.0 Å². The highest BCUT2D eigenvalue weighted by Gasteiger charge is 2.92. The molecule has 236 valence electrons. The number of nitrogens with zero attached hydrogens (tertiary/aromatic N) is 1. The van der Waals surface area contributed by atoms with Gasteiger partial charge in [0.25, 0.3) is 0 Å². The zero-order valence-corrected chi connectivity index (χ0v) is 26.5. The van der Waals surface area contributed by atoms with Crippen LogP contribution in [0.1, 0.15) is 116 Å². The van der Waals surface area contributed by atoms with Crippen molar-refractivity contribution in [1.29, 1.82) is 0 Å².